The summed E-state index contributed by atoms with van der Waals surface area (Å²) < 4.78 is 0. The van der Waals surface area contributed by atoms with E-state index >= 15 is 0 Å². The molecule has 0 amide bonds. The van der Waals surface area contributed by atoms with Gasteiger partial charge in [-0.3, -0.25) is 0 Å². The highest BCUT2D eigenvalue weighted by atomic mass is 15.1. The van der Waals surface area contributed by atoms with Gasteiger partial charge in [-0.1, -0.05) is 54.1 Å². The molecule has 4 rings (SSSR count). The number of aryl methyl sites for hydroxylation is 1. The number of rotatable bonds is 6. The van der Waals surface area contributed by atoms with Crippen LogP contribution in [0.3, 0.4) is 0 Å². The number of anilines is 3. The number of hydrogen-bond donors (Lipinski definition) is 2. The zero-order valence-electron chi connectivity index (χ0n) is 16.5. The van der Waals surface area contributed by atoms with E-state index in [4.69, 9.17) is 0 Å². The van der Waals surface area contributed by atoms with Gasteiger partial charge in [0.25, 0.3) is 0 Å². The molecule has 1 atom stereocenters. The van der Waals surface area contributed by atoms with Crippen LogP contribution in [0.4, 0.5) is 17.5 Å². The molecule has 0 aliphatic heterocycles. The highest BCUT2D eigenvalue weighted by Gasteiger charge is 2.07. The summed E-state index contributed by atoms with van der Waals surface area (Å²) in [5.41, 5.74) is 5.25. The largest absolute Gasteiger partial charge is 0.363 e. The predicted octanol–water partition coefficient (Wildman–Crippen LogP) is 5.76. The molecule has 0 fully saturated rings. The Morgan fingerprint density at radius 3 is 2.48 bits per heavy atom. The molecule has 4 aromatic rings. The Hall–Kier alpha value is -3.73. The molecule has 2 aromatic carbocycles. The summed E-state index contributed by atoms with van der Waals surface area (Å²) in [5, 5.41) is 6.72. The lowest BCUT2D eigenvalue weighted by Crippen LogP contribution is -2.08. The van der Waals surface area contributed by atoms with Gasteiger partial charge in [-0.05, 0) is 37.6 Å². The monoisotopic (exact) mass is 381 g/mol. The number of nitrogens with zero attached hydrogens (tertiary/aromatic N) is 3. The summed E-state index contributed by atoms with van der Waals surface area (Å²) >= 11 is 0. The predicted molar refractivity (Wildman–Crippen MR) is 118 cm³/mol. The van der Waals surface area contributed by atoms with E-state index in [9.17, 15) is 0 Å². The van der Waals surface area contributed by atoms with Crippen LogP contribution in [0.2, 0.25) is 0 Å². The molecule has 2 heterocycles. The molecule has 5 nitrogen and oxygen atoms in total. The van der Waals surface area contributed by atoms with Gasteiger partial charge in [0, 0.05) is 35.8 Å². The van der Waals surface area contributed by atoms with Crippen molar-refractivity contribution < 1.29 is 0 Å². The summed E-state index contributed by atoms with van der Waals surface area (Å²) in [6.45, 7) is 4.19. The molecular weight excluding hydrogens is 358 g/mol. The molecule has 2 aromatic heterocycles. The molecule has 0 saturated carbocycles. The van der Waals surface area contributed by atoms with Gasteiger partial charge in [0.15, 0.2) is 0 Å². The van der Waals surface area contributed by atoms with Gasteiger partial charge in [-0.25, -0.2) is 15.0 Å². The van der Waals surface area contributed by atoms with Crippen molar-refractivity contribution in [3.05, 3.63) is 96.3 Å². The molecule has 0 radical (unpaired) electrons. The van der Waals surface area contributed by atoms with Crippen LogP contribution in [-0.4, -0.2) is 15.0 Å². The maximum atomic E-state index is 4.65. The van der Waals surface area contributed by atoms with Gasteiger partial charge in [0.2, 0.25) is 5.95 Å². The zero-order valence-corrected chi connectivity index (χ0v) is 16.5. The highest BCUT2D eigenvalue weighted by molar-refractivity contribution is 5.63. The molecule has 0 saturated heterocycles. The van der Waals surface area contributed by atoms with Crippen LogP contribution < -0.4 is 10.6 Å². The van der Waals surface area contributed by atoms with Crippen LogP contribution in [0.25, 0.3) is 11.3 Å². The van der Waals surface area contributed by atoms with Crippen molar-refractivity contribution in [3.63, 3.8) is 0 Å². The lowest BCUT2D eigenvalue weighted by molar-refractivity contribution is 0.875. The number of pyridine rings is 1. The minimum absolute atomic E-state index is 0.153. The third-order valence-electron chi connectivity index (χ3n) is 4.65. The zero-order chi connectivity index (χ0) is 20.1. The van der Waals surface area contributed by atoms with Crippen molar-refractivity contribution in [1.82, 2.24) is 15.0 Å². The van der Waals surface area contributed by atoms with Gasteiger partial charge in [-0.15, -0.1) is 0 Å². The van der Waals surface area contributed by atoms with Crippen molar-refractivity contribution in [2.24, 2.45) is 0 Å². The van der Waals surface area contributed by atoms with E-state index in [0.29, 0.717) is 5.95 Å². The Morgan fingerprint density at radius 2 is 1.66 bits per heavy atom. The Morgan fingerprint density at radius 1 is 0.828 bits per heavy atom. The Kier molecular flexibility index (Phi) is 5.47. The SMILES string of the molecule is Cc1cccc(-c2ccnc(Nc3ccnc(N[C@@H](C)c4ccccc4)c3)n2)c1. The standard InChI is InChI=1S/C24H23N5/c1-17-7-6-10-20(15-17)22-12-14-26-24(29-22)28-21-11-13-25-23(16-21)27-18(2)19-8-4-3-5-9-19/h3-16,18H,1-2H3,(H2,25,26,27,28,29)/t18-/m0/s1. The fourth-order valence-corrected chi connectivity index (χ4v) is 3.15. The van der Waals surface area contributed by atoms with E-state index in [1.54, 1.807) is 12.4 Å². The van der Waals surface area contributed by atoms with Crippen molar-refractivity contribution >= 4 is 17.5 Å². The Labute approximate surface area is 170 Å². The number of aromatic nitrogens is 3. The number of benzene rings is 2. The van der Waals surface area contributed by atoms with E-state index in [0.717, 1.165) is 22.8 Å². The summed E-state index contributed by atoms with van der Waals surface area (Å²) in [7, 11) is 0. The van der Waals surface area contributed by atoms with Crippen molar-refractivity contribution in [2.45, 2.75) is 19.9 Å². The molecule has 0 aliphatic rings. The number of nitrogens with one attached hydrogen (secondary N) is 2. The minimum atomic E-state index is 0.153. The van der Waals surface area contributed by atoms with Crippen LogP contribution in [-0.2, 0) is 0 Å². The summed E-state index contributed by atoms with van der Waals surface area (Å²) in [4.78, 5) is 13.4. The minimum Gasteiger partial charge on any atom is -0.363 e. The maximum absolute atomic E-state index is 4.65. The molecule has 0 bridgehead atoms. The van der Waals surface area contributed by atoms with Crippen LogP contribution >= 0.6 is 0 Å². The first-order chi connectivity index (χ1) is 14.2. The van der Waals surface area contributed by atoms with Crippen molar-refractivity contribution in [1.29, 1.82) is 0 Å². The molecule has 144 valence electrons. The first-order valence-corrected chi connectivity index (χ1v) is 9.62. The van der Waals surface area contributed by atoms with Crippen molar-refractivity contribution in [2.75, 3.05) is 10.6 Å². The number of hydrogen-bond acceptors (Lipinski definition) is 5. The second kappa shape index (κ2) is 8.52. The van der Waals surface area contributed by atoms with Crippen molar-refractivity contribution in [3.8, 4) is 11.3 Å². The van der Waals surface area contributed by atoms with Crippen LogP contribution in [0.5, 0.6) is 0 Å². The van der Waals surface area contributed by atoms with Gasteiger partial charge >= 0.3 is 0 Å². The quantitative estimate of drug-likeness (QED) is 0.444. The fraction of sp³-hybridized carbons (Fsp3) is 0.125. The van der Waals surface area contributed by atoms with Crippen LogP contribution in [0, 0.1) is 6.92 Å². The summed E-state index contributed by atoms with van der Waals surface area (Å²) in [6, 6.07) is 24.5. The summed E-state index contributed by atoms with van der Waals surface area (Å²) in [6.07, 6.45) is 3.54. The normalized spacial score (nSPS) is 11.7. The fourth-order valence-electron chi connectivity index (χ4n) is 3.15. The van der Waals surface area contributed by atoms with E-state index in [2.05, 4.69) is 69.8 Å². The summed E-state index contributed by atoms with van der Waals surface area (Å²) in [5.74, 6) is 1.35. The lowest BCUT2D eigenvalue weighted by atomic mass is 10.1. The topological polar surface area (TPSA) is 62.7 Å². The Balaban J connectivity index is 1.50. The third-order valence-corrected chi connectivity index (χ3v) is 4.65. The first kappa shape index (κ1) is 18.6. The maximum Gasteiger partial charge on any atom is 0.227 e. The van der Waals surface area contributed by atoms with Gasteiger partial charge in [-0.2, -0.15) is 0 Å². The smallest absolute Gasteiger partial charge is 0.227 e. The highest BCUT2D eigenvalue weighted by Crippen LogP contribution is 2.23. The van der Waals surface area contributed by atoms with Gasteiger partial charge in [0.05, 0.1) is 5.69 Å². The van der Waals surface area contributed by atoms with E-state index in [1.807, 2.05) is 42.5 Å². The molecule has 29 heavy (non-hydrogen) atoms. The lowest BCUT2D eigenvalue weighted by Gasteiger charge is -2.15. The molecule has 0 unspecified atom stereocenters. The van der Waals surface area contributed by atoms with Gasteiger partial charge in [0.1, 0.15) is 5.82 Å². The second-order valence-corrected chi connectivity index (χ2v) is 6.97. The van der Waals surface area contributed by atoms with Gasteiger partial charge < -0.3 is 10.6 Å². The van der Waals surface area contributed by atoms with Crippen LogP contribution in [0.15, 0.2) is 85.2 Å². The first-order valence-electron chi connectivity index (χ1n) is 9.62. The molecular formula is C24H23N5. The second-order valence-electron chi connectivity index (χ2n) is 6.97. The third kappa shape index (κ3) is 4.76. The Bertz CT molecular complexity index is 1090. The molecule has 2 N–H and O–H groups in total. The molecule has 0 spiro atoms. The van der Waals surface area contributed by atoms with E-state index < -0.39 is 0 Å². The average Bonchev–Trinajstić information content (AvgIpc) is 2.75. The molecule has 0 aliphatic carbocycles. The van der Waals surface area contributed by atoms with Crippen LogP contribution in [0.1, 0.15) is 24.1 Å². The average molecular weight is 381 g/mol. The van der Waals surface area contributed by atoms with E-state index in [-0.39, 0.29) is 6.04 Å². The van der Waals surface area contributed by atoms with E-state index in [1.165, 1.54) is 11.1 Å². The molecule has 5 heteroatoms.